The second kappa shape index (κ2) is 5.32. The fourth-order valence-corrected chi connectivity index (χ4v) is 1.99. The highest BCUT2D eigenvalue weighted by atomic mass is 16.2. The van der Waals surface area contributed by atoms with Crippen LogP contribution in [0.4, 0.5) is 0 Å². The van der Waals surface area contributed by atoms with E-state index in [9.17, 15) is 4.79 Å². The van der Waals surface area contributed by atoms with Gasteiger partial charge < -0.3 is 10.6 Å². The number of rotatable bonds is 3. The van der Waals surface area contributed by atoms with Crippen molar-refractivity contribution in [2.24, 2.45) is 5.73 Å². The number of amides is 1. The van der Waals surface area contributed by atoms with Crippen LogP contribution in [0.2, 0.25) is 0 Å². The molecule has 0 aromatic carbocycles. The van der Waals surface area contributed by atoms with E-state index in [0.717, 1.165) is 32.5 Å². The minimum Gasteiger partial charge on any atom is -0.342 e. The smallest absolute Gasteiger partial charge is 0.239 e. The van der Waals surface area contributed by atoms with E-state index in [0.29, 0.717) is 6.54 Å². The van der Waals surface area contributed by atoms with Crippen molar-refractivity contribution >= 4 is 5.91 Å². The average molecular weight is 199 g/mol. The Morgan fingerprint density at radius 3 is 2.79 bits per heavy atom. The van der Waals surface area contributed by atoms with Gasteiger partial charge in [0.15, 0.2) is 0 Å². The van der Waals surface area contributed by atoms with Crippen molar-refractivity contribution in [1.82, 2.24) is 9.80 Å². The Hall–Kier alpha value is -0.610. The molecule has 82 valence electrons. The summed E-state index contributed by atoms with van der Waals surface area (Å²) in [5.74, 6) is 0.248. The van der Waals surface area contributed by atoms with Crippen LogP contribution in [0.15, 0.2) is 0 Å². The summed E-state index contributed by atoms with van der Waals surface area (Å²) >= 11 is 0. The van der Waals surface area contributed by atoms with Gasteiger partial charge in [-0.15, -0.1) is 0 Å². The van der Waals surface area contributed by atoms with Gasteiger partial charge in [-0.1, -0.05) is 0 Å². The molecule has 2 N–H and O–H groups in total. The first-order chi connectivity index (χ1) is 6.70. The maximum absolute atomic E-state index is 12.0. The molecule has 0 bridgehead atoms. The van der Waals surface area contributed by atoms with E-state index >= 15 is 0 Å². The number of likely N-dealkylation sites (N-methyl/N-ethyl adjacent to an activating group) is 2. The second-order valence-electron chi connectivity index (χ2n) is 3.85. The zero-order valence-electron chi connectivity index (χ0n) is 9.20. The normalized spacial score (nSPS) is 25.2. The average Bonchev–Trinajstić information content (AvgIpc) is 2.30. The van der Waals surface area contributed by atoms with E-state index in [1.165, 1.54) is 0 Å². The minimum absolute atomic E-state index is 0.00227. The Balaban J connectivity index is 2.69. The Kier molecular flexibility index (Phi) is 4.35. The number of hydrogen-bond donors (Lipinski definition) is 1. The highest BCUT2D eigenvalue weighted by Crippen LogP contribution is 2.11. The summed E-state index contributed by atoms with van der Waals surface area (Å²) in [7, 11) is 2.01. The van der Waals surface area contributed by atoms with E-state index in [4.69, 9.17) is 5.73 Å². The number of nitrogens with zero attached hydrogens (tertiary/aromatic N) is 2. The number of carbonyl (C=O) groups excluding carboxylic acids is 1. The topological polar surface area (TPSA) is 49.6 Å². The SMILES string of the molecule is CCN1CCCN(C)C(CCN)C1=O. The van der Waals surface area contributed by atoms with Crippen molar-refractivity contribution in [3.05, 3.63) is 0 Å². The summed E-state index contributed by atoms with van der Waals surface area (Å²) in [6.45, 7) is 5.31. The van der Waals surface area contributed by atoms with Crippen molar-refractivity contribution in [3.8, 4) is 0 Å². The maximum Gasteiger partial charge on any atom is 0.239 e. The summed E-state index contributed by atoms with van der Waals surface area (Å²) in [6.07, 6.45) is 1.84. The maximum atomic E-state index is 12.0. The molecule has 0 aromatic heterocycles. The third-order valence-electron chi connectivity index (χ3n) is 2.89. The number of carbonyl (C=O) groups is 1. The molecule has 0 spiro atoms. The summed E-state index contributed by atoms with van der Waals surface area (Å²) in [5.41, 5.74) is 5.52. The number of hydrogen-bond acceptors (Lipinski definition) is 3. The van der Waals surface area contributed by atoms with E-state index in [2.05, 4.69) is 4.90 Å². The molecular weight excluding hydrogens is 178 g/mol. The van der Waals surface area contributed by atoms with E-state index in [1.807, 2.05) is 18.9 Å². The molecule has 14 heavy (non-hydrogen) atoms. The van der Waals surface area contributed by atoms with Gasteiger partial charge in [0.05, 0.1) is 6.04 Å². The van der Waals surface area contributed by atoms with Crippen LogP contribution in [-0.4, -0.2) is 55.0 Å². The Bertz CT molecular complexity index is 196. The zero-order chi connectivity index (χ0) is 10.6. The molecule has 0 aromatic rings. The monoisotopic (exact) mass is 199 g/mol. The quantitative estimate of drug-likeness (QED) is 0.690. The fraction of sp³-hybridized carbons (Fsp3) is 0.900. The highest BCUT2D eigenvalue weighted by molar-refractivity contribution is 5.82. The van der Waals surface area contributed by atoms with Gasteiger partial charge in [-0.25, -0.2) is 0 Å². The van der Waals surface area contributed by atoms with Crippen molar-refractivity contribution in [2.75, 3.05) is 33.2 Å². The van der Waals surface area contributed by atoms with Gasteiger partial charge in [-0.2, -0.15) is 0 Å². The van der Waals surface area contributed by atoms with Gasteiger partial charge >= 0.3 is 0 Å². The molecule has 1 amide bonds. The predicted molar refractivity (Wildman–Crippen MR) is 57.0 cm³/mol. The van der Waals surface area contributed by atoms with Gasteiger partial charge in [-0.3, -0.25) is 9.69 Å². The fourth-order valence-electron chi connectivity index (χ4n) is 1.99. The standard InChI is InChI=1S/C10H21N3O/c1-3-13-8-4-7-12(2)9(5-6-11)10(13)14/h9H,3-8,11H2,1-2H3. The molecule has 1 heterocycles. The van der Waals surface area contributed by atoms with Gasteiger partial charge in [0.2, 0.25) is 5.91 Å². The number of nitrogens with two attached hydrogens (primary N) is 1. The molecule has 0 radical (unpaired) electrons. The summed E-state index contributed by atoms with van der Waals surface area (Å²) in [4.78, 5) is 16.1. The van der Waals surface area contributed by atoms with Crippen LogP contribution in [0.5, 0.6) is 0 Å². The molecule has 1 aliphatic heterocycles. The first-order valence-electron chi connectivity index (χ1n) is 5.39. The molecule has 1 unspecified atom stereocenters. The lowest BCUT2D eigenvalue weighted by molar-refractivity contribution is -0.134. The molecule has 1 atom stereocenters. The minimum atomic E-state index is 0.00227. The summed E-state index contributed by atoms with van der Waals surface area (Å²) in [5, 5.41) is 0. The lowest BCUT2D eigenvalue weighted by atomic mass is 10.1. The zero-order valence-corrected chi connectivity index (χ0v) is 9.20. The van der Waals surface area contributed by atoms with Gasteiger partial charge in [0.1, 0.15) is 0 Å². The van der Waals surface area contributed by atoms with Gasteiger partial charge in [0, 0.05) is 19.6 Å². The molecule has 0 aliphatic carbocycles. The highest BCUT2D eigenvalue weighted by Gasteiger charge is 2.28. The molecule has 1 saturated heterocycles. The van der Waals surface area contributed by atoms with Crippen molar-refractivity contribution in [1.29, 1.82) is 0 Å². The molecule has 0 saturated carbocycles. The van der Waals surface area contributed by atoms with E-state index in [1.54, 1.807) is 0 Å². The van der Waals surface area contributed by atoms with Crippen LogP contribution in [-0.2, 0) is 4.79 Å². The third kappa shape index (κ3) is 2.45. The Labute approximate surface area is 86.0 Å². The first-order valence-corrected chi connectivity index (χ1v) is 5.39. The van der Waals surface area contributed by atoms with Crippen LogP contribution in [0.3, 0.4) is 0 Å². The first kappa shape index (κ1) is 11.5. The van der Waals surface area contributed by atoms with Crippen molar-refractivity contribution in [2.45, 2.75) is 25.8 Å². The third-order valence-corrected chi connectivity index (χ3v) is 2.89. The summed E-state index contributed by atoms with van der Waals surface area (Å²) < 4.78 is 0. The van der Waals surface area contributed by atoms with Crippen LogP contribution < -0.4 is 5.73 Å². The molecular formula is C10H21N3O. The molecule has 1 aliphatic rings. The van der Waals surface area contributed by atoms with Crippen LogP contribution in [0.25, 0.3) is 0 Å². The van der Waals surface area contributed by atoms with Gasteiger partial charge in [-0.05, 0) is 33.4 Å². The summed E-state index contributed by atoms with van der Waals surface area (Å²) in [6, 6.07) is 0.00227. The molecule has 4 nitrogen and oxygen atoms in total. The lowest BCUT2D eigenvalue weighted by Gasteiger charge is -2.26. The molecule has 1 fully saturated rings. The largest absolute Gasteiger partial charge is 0.342 e. The van der Waals surface area contributed by atoms with Crippen LogP contribution in [0.1, 0.15) is 19.8 Å². The van der Waals surface area contributed by atoms with Crippen LogP contribution >= 0.6 is 0 Å². The second-order valence-corrected chi connectivity index (χ2v) is 3.85. The lowest BCUT2D eigenvalue weighted by Crippen LogP contribution is -2.45. The van der Waals surface area contributed by atoms with Crippen LogP contribution in [0, 0.1) is 0 Å². The Morgan fingerprint density at radius 2 is 2.21 bits per heavy atom. The van der Waals surface area contributed by atoms with Crippen molar-refractivity contribution < 1.29 is 4.79 Å². The van der Waals surface area contributed by atoms with Crippen molar-refractivity contribution in [3.63, 3.8) is 0 Å². The van der Waals surface area contributed by atoms with E-state index in [-0.39, 0.29) is 11.9 Å². The van der Waals surface area contributed by atoms with E-state index < -0.39 is 0 Å². The predicted octanol–water partition coefficient (Wildman–Crippen LogP) is -0.112. The molecule has 4 heteroatoms. The molecule has 1 rings (SSSR count). The Morgan fingerprint density at radius 1 is 1.50 bits per heavy atom. The van der Waals surface area contributed by atoms with Gasteiger partial charge in [0.25, 0.3) is 0 Å².